The van der Waals surface area contributed by atoms with E-state index in [1.54, 1.807) is 7.11 Å². The lowest BCUT2D eigenvalue weighted by Crippen LogP contribution is -2.20. The number of terminal acetylenes is 1. The zero-order chi connectivity index (χ0) is 5.54. The fourth-order valence-corrected chi connectivity index (χ4v) is 0.184. The van der Waals surface area contributed by atoms with E-state index >= 15 is 0 Å². The Morgan fingerprint density at radius 1 is 2.00 bits per heavy atom. The molecular formula is C4H7BNO. The second-order valence-corrected chi connectivity index (χ2v) is 0.939. The van der Waals surface area contributed by atoms with Crippen molar-refractivity contribution in [3.63, 3.8) is 0 Å². The molecule has 0 bridgehead atoms. The van der Waals surface area contributed by atoms with Crippen molar-refractivity contribution >= 4 is 7.62 Å². The van der Waals surface area contributed by atoms with Crippen molar-refractivity contribution in [1.29, 1.82) is 0 Å². The highest BCUT2D eigenvalue weighted by atomic mass is 16.4. The van der Waals surface area contributed by atoms with Crippen LogP contribution >= 0.6 is 0 Å². The van der Waals surface area contributed by atoms with Gasteiger partial charge in [-0.1, -0.05) is 5.92 Å². The normalized spacial score (nSPS) is 7.43. The summed E-state index contributed by atoms with van der Waals surface area (Å²) >= 11 is 0. The first-order chi connectivity index (χ1) is 3.41. The summed E-state index contributed by atoms with van der Waals surface area (Å²) in [4.78, 5) is 0. The molecule has 3 heteroatoms. The maximum atomic E-state index is 4.88. The standard InChI is InChI=1S/C4H7BNO/c1-3-4-6-5-7-2/h1,6H,4H2,2H3. The van der Waals surface area contributed by atoms with Gasteiger partial charge in [0.1, 0.15) is 0 Å². The van der Waals surface area contributed by atoms with E-state index in [-0.39, 0.29) is 0 Å². The van der Waals surface area contributed by atoms with E-state index in [1.807, 2.05) is 0 Å². The monoisotopic (exact) mass is 96.1 g/mol. The molecule has 0 fully saturated rings. The molecule has 1 radical (unpaired) electrons. The quantitative estimate of drug-likeness (QED) is 0.287. The second kappa shape index (κ2) is 5.54. The van der Waals surface area contributed by atoms with Gasteiger partial charge in [-0.3, -0.25) is 0 Å². The lowest BCUT2D eigenvalue weighted by atomic mass is 10.3. The molecule has 0 saturated heterocycles. The smallest absolute Gasteiger partial charge is 0.396 e. The largest absolute Gasteiger partial charge is 0.427 e. The minimum absolute atomic E-state index is 0.522. The SMILES string of the molecule is C#CCN[B]OC. The third-order valence-corrected chi connectivity index (χ3v) is 0.405. The lowest BCUT2D eigenvalue weighted by molar-refractivity contribution is 0.433. The van der Waals surface area contributed by atoms with Crippen molar-refractivity contribution < 1.29 is 4.65 Å². The van der Waals surface area contributed by atoms with Crippen LogP contribution in [-0.2, 0) is 4.65 Å². The first kappa shape index (κ1) is 6.54. The maximum Gasteiger partial charge on any atom is 0.396 e. The highest BCUT2D eigenvalue weighted by molar-refractivity contribution is 6.23. The summed E-state index contributed by atoms with van der Waals surface area (Å²) in [5, 5.41) is 2.70. The van der Waals surface area contributed by atoms with Gasteiger partial charge in [-0.15, -0.1) is 6.42 Å². The topological polar surface area (TPSA) is 21.3 Å². The molecule has 0 rings (SSSR count). The first-order valence-electron chi connectivity index (χ1n) is 1.93. The van der Waals surface area contributed by atoms with E-state index in [0.717, 1.165) is 0 Å². The van der Waals surface area contributed by atoms with Crippen LogP contribution in [0.15, 0.2) is 0 Å². The summed E-state index contributed by atoms with van der Waals surface area (Å²) in [5.74, 6) is 2.38. The molecule has 0 aliphatic heterocycles. The van der Waals surface area contributed by atoms with E-state index in [1.165, 1.54) is 7.62 Å². The van der Waals surface area contributed by atoms with Gasteiger partial charge in [0.25, 0.3) is 0 Å². The molecule has 0 heterocycles. The molecule has 0 atom stereocenters. The molecule has 0 aromatic rings. The summed E-state index contributed by atoms with van der Waals surface area (Å²) in [6.45, 7) is 0.522. The second-order valence-electron chi connectivity index (χ2n) is 0.939. The average molecular weight is 95.9 g/mol. The highest BCUT2D eigenvalue weighted by Crippen LogP contribution is 1.51. The first-order valence-corrected chi connectivity index (χ1v) is 1.93. The highest BCUT2D eigenvalue weighted by Gasteiger charge is 1.80. The van der Waals surface area contributed by atoms with Crippen LogP contribution in [0.1, 0.15) is 0 Å². The number of hydrogen-bond acceptors (Lipinski definition) is 2. The van der Waals surface area contributed by atoms with E-state index in [9.17, 15) is 0 Å². The van der Waals surface area contributed by atoms with Crippen LogP contribution in [0.2, 0.25) is 0 Å². The van der Waals surface area contributed by atoms with Crippen molar-refractivity contribution in [1.82, 2.24) is 5.23 Å². The average Bonchev–Trinajstić information content (AvgIpc) is 1.69. The van der Waals surface area contributed by atoms with Crippen molar-refractivity contribution in [3.05, 3.63) is 0 Å². The molecule has 2 nitrogen and oxygen atoms in total. The van der Waals surface area contributed by atoms with Crippen LogP contribution in [0.5, 0.6) is 0 Å². The molecule has 0 aliphatic carbocycles. The molecule has 7 heavy (non-hydrogen) atoms. The van der Waals surface area contributed by atoms with Gasteiger partial charge in [0.05, 0.1) is 0 Å². The molecule has 0 aromatic carbocycles. The van der Waals surface area contributed by atoms with E-state index in [2.05, 4.69) is 15.8 Å². The van der Waals surface area contributed by atoms with Crippen LogP contribution in [-0.4, -0.2) is 21.3 Å². The van der Waals surface area contributed by atoms with Crippen LogP contribution < -0.4 is 5.23 Å². The third-order valence-electron chi connectivity index (χ3n) is 0.405. The Balaban J connectivity index is 2.60. The van der Waals surface area contributed by atoms with Gasteiger partial charge in [-0.25, -0.2) is 0 Å². The fraction of sp³-hybridized carbons (Fsp3) is 0.500. The molecule has 0 saturated carbocycles. The zero-order valence-corrected chi connectivity index (χ0v) is 4.27. The Kier molecular flexibility index (Phi) is 5.18. The Labute approximate surface area is 44.5 Å². The van der Waals surface area contributed by atoms with Crippen LogP contribution in [0.25, 0.3) is 0 Å². The van der Waals surface area contributed by atoms with Gasteiger partial charge in [0, 0.05) is 13.7 Å². The van der Waals surface area contributed by atoms with Crippen molar-refractivity contribution in [2.75, 3.05) is 13.7 Å². The van der Waals surface area contributed by atoms with E-state index < -0.39 is 0 Å². The summed E-state index contributed by atoms with van der Waals surface area (Å²) in [7, 11) is 3.00. The van der Waals surface area contributed by atoms with Crippen LogP contribution in [0, 0.1) is 12.3 Å². The van der Waals surface area contributed by atoms with E-state index in [4.69, 9.17) is 6.42 Å². The molecule has 0 amide bonds. The number of hydrogen-bond donors (Lipinski definition) is 1. The van der Waals surface area contributed by atoms with Crippen LogP contribution in [0.3, 0.4) is 0 Å². The van der Waals surface area contributed by atoms with Gasteiger partial charge in [0.2, 0.25) is 0 Å². The Morgan fingerprint density at radius 3 is 3.14 bits per heavy atom. The summed E-state index contributed by atoms with van der Waals surface area (Å²) in [5.41, 5.74) is 0. The number of nitrogens with one attached hydrogen (secondary N) is 1. The van der Waals surface area contributed by atoms with Crippen molar-refractivity contribution in [2.24, 2.45) is 0 Å². The van der Waals surface area contributed by atoms with Gasteiger partial charge in [0.15, 0.2) is 0 Å². The van der Waals surface area contributed by atoms with Gasteiger partial charge >= 0.3 is 7.62 Å². The summed E-state index contributed by atoms with van der Waals surface area (Å²) < 4.78 is 4.51. The van der Waals surface area contributed by atoms with Crippen molar-refractivity contribution in [3.8, 4) is 12.3 Å². The van der Waals surface area contributed by atoms with E-state index in [0.29, 0.717) is 6.54 Å². The Morgan fingerprint density at radius 2 is 2.71 bits per heavy atom. The van der Waals surface area contributed by atoms with Gasteiger partial charge < -0.3 is 9.88 Å². The molecule has 0 unspecified atom stereocenters. The summed E-state index contributed by atoms with van der Waals surface area (Å²) in [6.07, 6.45) is 4.88. The van der Waals surface area contributed by atoms with Crippen molar-refractivity contribution in [2.45, 2.75) is 0 Å². The predicted molar refractivity (Wildman–Crippen MR) is 29.6 cm³/mol. The molecular weight excluding hydrogens is 88.9 g/mol. The molecule has 0 aromatic heterocycles. The van der Waals surface area contributed by atoms with Crippen LogP contribution in [0.4, 0.5) is 0 Å². The summed E-state index contributed by atoms with van der Waals surface area (Å²) in [6, 6.07) is 0. The number of rotatable bonds is 3. The Bertz CT molecular complexity index is 68.6. The predicted octanol–water partition coefficient (Wildman–Crippen LogP) is -0.610. The minimum Gasteiger partial charge on any atom is -0.427 e. The lowest BCUT2D eigenvalue weighted by Gasteiger charge is -1.89. The van der Waals surface area contributed by atoms with Gasteiger partial charge in [-0.05, 0) is 0 Å². The minimum atomic E-state index is 0.522. The fourth-order valence-electron chi connectivity index (χ4n) is 0.184. The molecule has 1 N–H and O–H groups in total. The Hall–Kier alpha value is -0.455. The maximum absolute atomic E-state index is 4.88. The molecule has 0 aliphatic rings. The molecule has 37 valence electrons. The zero-order valence-electron chi connectivity index (χ0n) is 4.27. The third kappa shape index (κ3) is 5.54. The molecule has 0 spiro atoms. The van der Waals surface area contributed by atoms with Gasteiger partial charge in [-0.2, -0.15) is 0 Å².